The van der Waals surface area contributed by atoms with Gasteiger partial charge in [-0.15, -0.1) is 0 Å². The van der Waals surface area contributed by atoms with Crippen LogP contribution in [-0.2, 0) is 14.9 Å². The summed E-state index contributed by atoms with van der Waals surface area (Å²) in [5.41, 5.74) is -0.154. The molecule has 1 amide bonds. The van der Waals surface area contributed by atoms with Gasteiger partial charge in [0.2, 0.25) is 0 Å². The fourth-order valence-corrected chi connectivity index (χ4v) is 8.16. The number of nitrogens with zero attached hydrogens (tertiary/aromatic N) is 5. The summed E-state index contributed by atoms with van der Waals surface area (Å²) in [5, 5.41) is 11.1. The molecule has 1 aliphatic carbocycles. The average Bonchev–Trinajstić information content (AvgIpc) is 3.84. The molecule has 0 unspecified atom stereocenters. The predicted molar refractivity (Wildman–Crippen MR) is 173 cm³/mol. The second-order valence-corrected chi connectivity index (χ2v) is 15.5. The number of carbonyl (C=O) groups excluding carboxylic acids is 1. The van der Waals surface area contributed by atoms with Crippen LogP contribution >= 0.6 is 0 Å². The molecule has 4 fully saturated rings. The first kappa shape index (κ1) is 35.7. The van der Waals surface area contributed by atoms with Crippen molar-refractivity contribution in [3.63, 3.8) is 0 Å². The van der Waals surface area contributed by atoms with E-state index in [0.717, 1.165) is 55.8 Å². The lowest BCUT2D eigenvalue weighted by atomic mass is 9.72. The molecule has 13 nitrogen and oxygen atoms in total. The number of likely N-dealkylation sites (tertiary alicyclic amines) is 1. The average molecular weight is 712 g/mol. The lowest BCUT2D eigenvalue weighted by molar-refractivity contribution is -0.239. The number of alkyl halides is 2. The number of aromatic nitrogens is 2. The highest BCUT2D eigenvalue weighted by molar-refractivity contribution is 7.87. The molecule has 4 aliphatic rings. The van der Waals surface area contributed by atoms with Crippen LogP contribution in [0.25, 0.3) is 0 Å². The molecule has 3 aliphatic heterocycles. The van der Waals surface area contributed by atoms with E-state index in [4.69, 9.17) is 9.47 Å². The zero-order valence-corrected chi connectivity index (χ0v) is 28.5. The number of β-amino-alcohol motifs (C(OH)–C–C–N with tert-alkyl or cyclic N) is 1. The molecule has 1 aromatic heterocycles. The van der Waals surface area contributed by atoms with Crippen molar-refractivity contribution in [2.75, 3.05) is 50.8 Å². The molecule has 6 rings (SSSR count). The normalized spacial score (nSPS) is 24.3. The van der Waals surface area contributed by atoms with Crippen LogP contribution in [0.5, 0.6) is 11.5 Å². The van der Waals surface area contributed by atoms with Gasteiger partial charge >= 0.3 is 0 Å². The Balaban J connectivity index is 1.03. The summed E-state index contributed by atoms with van der Waals surface area (Å²) >= 11 is 0. The number of benzene rings is 1. The van der Waals surface area contributed by atoms with Crippen LogP contribution in [0, 0.1) is 11.2 Å². The third-order valence-corrected chi connectivity index (χ3v) is 11.0. The van der Waals surface area contributed by atoms with E-state index in [2.05, 4.69) is 24.3 Å². The summed E-state index contributed by atoms with van der Waals surface area (Å²) in [6, 6.07) is 2.48. The Hall–Kier alpha value is -3.09. The molecular formula is C32H44F3N7O6S. The van der Waals surface area contributed by atoms with Gasteiger partial charge in [-0.2, -0.15) is 17.9 Å². The Labute approximate surface area is 284 Å². The van der Waals surface area contributed by atoms with Gasteiger partial charge in [0.1, 0.15) is 17.9 Å². The highest BCUT2D eigenvalue weighted by Gasteiger charge is 2.47. The van der Waals surface area contributed by atoms with Crippen LogP contribution in [0.3, 0.4) is 0 Å². The van der Waals surface area contributed by atoms with E-state index >= 15 is 0 Å². The van der Waals surface area contributed by atoms with E-state index in [1.807, 2.05) is 4.90 Å². The first-order chi connectivity index (χ1) is 23.2. The van der Waals surface area contributed by atoms with Gasteiger partial charge in [0.15, 0.2) is 17.4 Å². The van der Waals surface area contributed by atoms with Crippen LogP contribution in [0.15, 0.2) is 30.7 Å². The van der Waals surface area contributed by atoms with Crippen molar-refractivity contribution < 1.29 is 41.0 Å². The van der Waals surface area contributed by atoms with Crippen molar-refractivity contribution in [3.05, 3.63) is 42.1 Å². The summed E-state index contributed by atoms with van der Waals surface area (Å²) in [4.78, 5) is 27.0. The van der Waals surface area contributed by atoms with Gasteiger partial charge in [-0.3, -0.25) is 9.69 Å². The molecular weight excluding hydrogens is 667 g/mol. The van der Waals surface area contributed by atoms with Crippen LogP contribution < -0.4 is 19.1 Å². The molecule has 1 spiro atoms. The van der Waals surface area contributed by atoms with Crippen LogP contribution in [0.1, 0.15) is 62.7 Å². The van der Waals surface area contributed by atoms with Crippen molar-refractivity contribution in [1.29, 1.82) is 0 Å². The molecule has 49 heavy (non-hydrogen) atoms. The van der Waals surface area contributed by atoms with Gasteiger partial charge in [0.05, 0.1) is 31.5 Å². The van der Waals surface area contributed by atoms with E-state index in [9.17, 15) is 31.5 Å². The van der Waals surface area contributed by atoms with E-state index in [0.29, 0.717) is 38.3 Å². The number of anilines is 1. The zero-order chi connectivity index (χ0) is 35.0. The summed E-state index contributed by atoms with van der Waals surface area (Å²) in [6.07, 6.45) is 4.32. The minimum absolute atomic E-state index is 0.00688. The maximum Gasteiger partial charge on any atom is 0.277 e. The van der Waals surface area contributed by atoms with Crippen molar-refractivity contribution in [2.24, 2.45) is 5.41 Å². The van der Waals surface area contributed by atoms with Gasteiger partial charge in [-0.05, 0) is 77.2 Å². The van der Waals surface area contributed by atoms with Crippen molar-refractivity contribution >= 4 is 21.9 Å². The molecule has 270 valence electrons. The molecule has 2 atom stereocenters. The monoisotopic (exact) mass is 711 g/mol. The molecule has 1 aromatic carbocycles. The quantitative estimate of drug-likeness (QED) is 0.283. The molecule has 1 saturated carbocycles. The van der Waals surface area contributed by atoms with Gasteiger partial charge in [-0.1, -0.05) is 0 Å². The fraction of sp³-hybridized carbons (Fsp3) is 0.656. The van der Waals surface area contributed by atoms with Crippen molar-refractivity contribution in [3.8, 4) is 11.5 Å². The number of aliphatic hydroxyl groups is 1. The molecule has 3 N–H and O–H groups in total. The molecule has 4 heterocycles. The Kier molecular flexibility index (Phi) is 10.4. The number of amides is 1. The predicted octanol–water partition coefficient (Wildman–Crippen LogP) is 2.88. The number of carbonyl (C=O) groups is 1. The Morgan fingerprint density at radius 2 is 1.84 bits per heavy atom. The number of nitrogens with one attached hydrogen (secondary N) is 2. The van der Waals surface area contributed by atoms with Gasteiger partial charge in [0.25, 0.3) is 22.5 Å². The summed E-state index contributed by atoms with van der Waals surface area (Å²) in [6.45, 7) is 5.73. The number of piperidine rings is 1. The summed E-state index contributed by atoms with van der Waals surface area (Å²) in [5.74, 6) is -2.06. The maximum absolute atomic E-state index is 14.3. The van der Waals surface area contributed by atoms with Crippen molar-refractivity contribution in [2.45, 2.75) is 82.7 Å². The van der Waals surface area contributed by atoms with Gasteiger partial charge in [-0.25, -0.2) is 23.1 Å². The third-order valence-electron chi connectivity index (χ3n) is 9.67. The van der Waals surface area contributed by atoms with Crippen molar-refractivity contribution in [1.82, 2.24) is 29.2 Å². The molecule has 3 saturated heterocycles. The Morgan fingerprint density at radius 1 is 1.12 bits per heavy atom. The smallest absolute Gasteiger partial charge is 0.277 e. The Bertz CT molecular complexity index is 1590. The van der Waals surface area contributed by atoms with E-state index in [1.165, 1.54) is 18.6 Å². The highest BCUT2D eigenvalue weighted by Crippen LogP contribution is 2.45. The maximum atomic E-state index is 14.3. The summed E-state index contributed by atoms with van der Waals surface area (Å²) < 4.78 is 82.4. The van der Waals surface area contributed by atoms with Crippen LogP contribution in [0.2, 0.25) is 0 Å². The molecule has 2 aromatic rings. The number of rotatable bonds is 13. The standard InChI is InChI=1S/C32H44F3N7O6S/c1-21(2)42(15-28(34)35)30(43)25-13-22(33)3-6-26(25)48-27-14-36-20-37-29(27)41-17-31(18-41)9-11-40(12-10-31)19-32(44)8-7-24(16-47-32)39-49(45,46)38-23-4-5-23/h3,6,13-14,20-21,23-24,28,38-39,44H,4-5,7-12,15-19H2,1-2H3/t24-,32-/m1/s1. The lowest BCUT2D eigenvalue weighted by Gasteiger charge is -2.55. The second-order valence-electron chi connectivity index (χ2n) is 14.0. The van der Waals surface area contributed by atoms with Gasteiger partial charge < -0.3 is 24.4 Å². The molecule has 0 radical (unpaired) electrons. The Morgan fingerprint density at radius 3 is 2.47 bits per heavy atom. The molecule has 17 heteroatoms. The first-order valence-corrected chi connectivity index (χ1v) is 18.2. The first-order valence-electron chi connectivity index (χ1n) is 16.7. The number of halogens is 3. The van der Waals surface area contributed by atoms with E-state index in [-0.39, 0.29) is 35.1 Å². The second kappa shape index (κ2) is 14.3. The fourth-order valence-electron chi connectivity index (χ4n) is 6.80. The van der Waals surface area contributed by atoms with E-state index < -0.39 is 52.8 Å². The summed E-state index contributed by atoms with van der Waals surface area (Å²) in [7, 11) is -3.60. The number of hydrogen-bond acceptors (Lipinski definition) is 10. The van der Waals surface area contributed by atoms with Crippen LogP contribution in [-0.4, -0.2) is 115 Å². The SMILES string of the molecule is CC(C)N(CC(F)F)C(=O)c1cc(F)ccc1Oc1cncnc1N1CC2(CCN(C[C@@]3(O)CC[C@@H](NS(=O)(=O)NC4CC4)CO3)CC2)C1. The number of hydrogen-bond donors (Lipinski definition) is 3. The minimum Gasteiger partial charge on any atom is -0.451 e. The van der Waals surface area contributed by atoms with Crippen LogP contribution in [0.4, 0.5) is 19.0 Å². The number of ether oxygens (including phenoxy) is 2. The lowest BCUT2D eigenvalue weighted by Crippen LogP contribution is -2.62. The largest absolute Gasteiger partial charge is 0.451 e. The van der Waals surface area contributed by atoms with E-state index in [1.54, 1.807) is 13.8 Å². The minimum atomic E-state index is -3.60. The van der Waals surface area contributed by atoms with Gasteiger partial charge in [0, 0.05) is 43.1 Å². The topological polar surface area (TPSA) is 149 Å². The molecule has 0 bridgehead atoms. The third kappa shape index (κ3) is 8.80. The zero-order valence-electron chi connectivity index (χ0n) is 27.7. The highest BCUT2D eigenvalue weighted by atomic mass is 32.2.